The van der Waals surface area contributed by atoms with Crippen molar-refractivity contribution in [3.05, 3.63) is 71.6 Å². The number of rotatable bonds is 5. The molecule has 2 aromatic heterocycles. The first-order valence-electron chi connectivity index (χ1n) is 10.8. The summed E-state index contributed by atoms with van der Waals surface area (Å²) < 4.78 is 1.72. The van der Waals surface area contributed by atoms with Gasteiger partial charge in [0.2, 0.25) is 0 Å². The van der Waals surface area contributed by atoms with Gasteiger partial charge in [0.25, 0.3) is 11.8 Å². The van der Waals surface area contributed by atoms with Gasteiger partial charge in [-0.1, -0.05) is 6.07 Å². The third kappa shape index (κ3) is 3.36. The summed E-state index contributed by atoms with van der Waals surface area (Å²) in [4.78, 5) is 37.7. The van der Waals surface area contributed by atoms with E-state index in [4.69, 9.17) is 5.41 Å². The second-order valence-corrected chi connectivity index (χ2v) is 9.02. The number of hydrogen-bond acceptors (Lipinski definition) is 6. The lowest BCUT2D eigenvalue weighted by Crippen LogP contribution is -2.57. The molecule has 4 heterocycles. The van der Waals surface area contributed by atoms with Gasteiger partial charge in [0.05, 0.1) is 47.9 Å². The minimum Gasteiger partial charge on any atom is -0.377 e. The van der Waals surface area contributed by atoms with E-state index in [1.165, 1.54) is 6.21 Å². The van der Waals surface area contributed by atoms with Crippen LogP contribution in [0.3, 0.4) is 0 Å². The Labute approximate surface area is 191 Å². The van der Waals surface area contributed by atoms with Crippen LogP contribution in [-0.4, -0.2) is 56.6 Å². The number of aromatic nitrogens is 3. The number of carbonyl (C=O) groups excluding carboxylic acids is 2. The maximum Gasteiger partial charge on any atom is 0.272 e. The lowest BCUT2D eigenvalue weighted by atomic mass is 9.92. The van der Waals surface area contributed by atoms with Crippen LogP contribution in [0, 0.1) is 5.41 Å². The number of aryl methyl sites for hydroxylation is 1. The van der Waals surface area contributed by atoms with Gasteiger partial charge in [-0.2, -0.15) is 0 Å². The van der Waals surface area contributed by atoms with Gasteiger partial charge < -0.3 is 20.2 Å². The van der Waals surface area contributed by atoms with E-state index in [0.29, 0.717) is 30.0 Å². The Balaban J connectivity index is 1.31. The summed E-state index contributed by atoms with van der Waals surface area (Å²) in [6.45, 7) is 5.16. The lowest BCUT2D eigenvalue weighted by Gasteiger charge is -2.40. The summed E-state index contributed by atoms with van der Waals surface area (Å²) in [5, 5.41) is 11.0. The molecule has 1 aromatic carbocycles. The molecule has 2 aliphatic rings. The smallest absolute Gasteiger partial charge is 0.272 e. The molecule has 9 heteroatoms. The van der Waals surface area contributed by atoms with E-state index in [0.717, 1.165) is 16.8 Å². The molecule has 5 rings (SSSR count). The minimum atomic E-state index is -0.575. The summed E-state index contributed by atoms with van der Waals surface area (Å²) >= 11 is 0. The van der Waals surface area contributed by atoms with Gasteiger partial charge in [0.15, 0.2) is 0 Å². The maximum atomic E-state index is 13.2. The summed E-state index contributed by atoms with van der Waals surface area (Å²) in [6, 6.07) is 7.50. The van der Waals surface area contributed by atoms with E-state index in [9.17, 15) is 9.59 Å². The van der Waals surface area contributed by atoms with E-state index in [1.807, 2.05) is 26.0 Å². The Kier molecular flexibility index (Phi) is 4.77. The predicted molar refractivity (Wildman–Crippen MR) is 125 cm³/mol. The molecular formula is C24H25N7O2. The Bertz CT molecular complexity index is 1270. The SMILES string of the molecule is Cn1cncc1C(=O)N1CC(Nc2cncc(N3C(=O)c4ccc(C=N)cc4C3(C)C)c2)C1. The Morgan fingerprint density at radius 1 is 1.18 bits per heavy atom. The fourth-order valence-electron chi connectivity index (χ4n) is 4.60. The van der Waals surface area contributed by atoms with E-state index >= 15 is 0 Å². The number of anilines is 2. The van der Waals surface area contributed by atoms with Crippen molar-refractivity contribution in [3.8, 4) is 0 Å². The van der Waals surface area contributed by atoms with Gasteiger partial charge in [-0.3, -0.25) is 19.5 Å². The van der Waals surface area contributed by atoms with Crippen LogP contribution in [0.4, 0.5) is 11.4 Å². The zero-order chi connectivity index (χ0) is 23.3. The summed E-state index contributed by atoms with van der Waals surface area (Å²) in [7, 11) is 1.80. The number of pyridine rings is 1. The number of nitrogens with one attached hydrogen (secondary N) is 2. The average Bonchev–Trinajstić information content (AvgIpc) is 3.28. The predicted octanol–water partition coefficient (Wildman–Crippen LogP) is 2.64. The van der Waals surface area contributed by atoms with E-state index in [-0.39, 0.29) is 17.9 Å². The first kappa shape index (κ1) is 20.9. The van der Waals surface area contributed by atoms with E-state index in [2.05, 4.69) is 15.3 Å². The third-order valence-electron chi connectivity index (χ3n) is 6.42. The Hall–Kier alpha value is -4.01. The van der Waals surface area contributed by atoms with Crippen molar-refractivity contribution >= 4 is 29.4 Å². The van der Waals surface area contributed by atoms with E-state index < -0.39 is 5.54 Å². The highest BCUT2D eigenvalue weighted by Crippen LogP contribution is 2.42. The fourth-order valence-corrected chi connectivity index (χ4v) is 4.60. The van der Waals surface area contributed by atoms with Crippen molar-refractivity contribution in [1.29, 1.82) is 5.41 Å². The van der Waals surface area contributed by atoms with Gasteiger partial charge in [-0.15, -0.1) is 0 Å². The molecular weight excluding hydrogens is 418 g/mol. The summed E-state index contributed by atoms with van der Waals surface area (Å²) in [5.41, 5.74) is 3.80. The summed E-state index contributed by atoms with van der Waals surface area (Å²) in [6.07, 6.45) is 7.90. The van der Waals surface area contributed by atoms with Gasteiger partial charge in [0, 0.05) is 31.9 Å². The molecule has 0 aliphatic carbocycles. The number of carbonyl (C=O) groups is 2. The highest BCUT2D eigenvalue weighted by molar-refractivity contribution is 6.12. The molecule has 168 valence electrons. The standard InChI is InChI=1S/C24H25N7O2/c1-24(2)20-6-15(8-25)4-5-19(20)22(32)31(24)18-7-16(9-26-10-18)28-17-12-30(13-17)23(33)21-11-27-14-29(21)3/h4-11,14,17,25,28H,12-13H2,1-3H3. The number of amides is 2. The van der Waals surface area contributed by atoms with Crippen molar-refractivity contribution < 1.29 is 9.59 Å². The average molecular weight is 444 g/mol. The van der Waals surface area contributed by atoms with Gasteiger partial charge in [-0.25, -0.2) is 4.98 Å². The Morgan fingerprint density at radius 2 is 1.97 bits per heavy atom. The molecule has 3 aromatic rings. The van der Waals surface area contributed by atoms with Gasteiger partial charge in [0.1, 0.15) is 5.69 Å². The normalized spacial score (nSPS) is 17.0. The van der Waals surface area contributed by atoms with Gasteiger partial charge in [-0.05, 0) is 43.2 Å². The van der Waals surface area contributed by atoms with Crippen LogP contribution < -0.4 is 10.2 Å². The molecule has 2 aliphatic heterocycles. The quantitative estimate of drug-likeness (QED) is 0.590. The first-order chi connectivity index (χ1) is 15.8. The number of imidazole rings is 1. The number of fused-ring (bicyclic) bond motifs is 1. The molecule has 33 heavy (non-hydrogen) atoms. The Morgan fingerprint density at radius 3 is 2.67 bits per heavy atom. The largest absolute Gasteiger partial charge is 0.377 e. The molecule has 0 unspecified atom stereocenters. The van der Waals surface area contributed by atoms with Crippen molar-refractivity contribution in [2.24, 2.45) is 7.05 Å². The molecule has 0 atom stereocenters. The second kappa shape index (κ2) is 7.54. The molecule has 0 spiro atoms. The molecule has 0 radical (unpaired) electrons. The van der Waals surface area contributed by atoms with Crippen LogP contribution in [0.2, 0.25) is 0 Å². The topological polar surface area (TPSA) is 107 Å². The van der Waals surface area contributed by atoms with E-state index in [1.54, 1.807) is 58.5 Å². The molecule has 9 nitrogen and oxygen atoms in total. The van der Waals surface area contributed by atoms with Crippen LogP contribution in [0.5, 0.6) is 0 Å². The van der Waals surface area contributed by atoms with Crippen LogP contribution in [-0.2, 0) is 12.6 Å². The van der Waals surface area contributed by atoms with Crippen LogP contribution in [0.1, 0.15) is 45.8 Å². The molecule has 0 bridgehead atoms. The van der Waals surface area contributed by atoms with Crippen LogP contribution >= 0.6 is 0 Å². The molecule has 1 fully saturated rings. The number of nitrogens with zero attached hydrogens (tertiary/aromatic N) is 5. The van der Waals surface area contributed by atoms with Crippen LogP contribution in [0.15, 0.2) is 49.2 Å². The van der Waals surface area contributed by atoms with Crippen molar-refractivity contribution in [1.82, 2.24) is 19.4 Å². The number of likely N-dealkylation sites (tertiary alicyclic amines) is 1. The van der Waals surface area contributed by atoms with Crippen LogP contribution in [0.25, 0.3) is 0 Å². The molecule has 2 N–H and O–H groups in total. The highest BCUT2D eigenvalue weighted by atomic mass is 16.2. The molecule has 0 saturated carbocycles. The fraction of sp³-hybridized carbons (Fsp3) is 0.292. The monoisotopic (exact) mass is 443 g/mol. The zero-order valence-corrected chi connectivity index (χ0v) is 18.7. The highest BCUT2D eigenvalue weighted by Gasteiger charge is 2.44. The minimum absolute atomic E-state index is 0.0357. The third-order valence-corrected chi connectivity index (χ3v) is 6.42. The van der Waals surface area contributed by atoms with Crippen molar-refractivity contribution in [2.45, 2.75) is 25.4 Å². The summed E-state index contributed by atoms with van der Waals surface area (Å²) in [5.74, 6) is -0.117. The molecule has 1 saturated heterocycles. The van der Waals surface area contributed by atoms with Crippen molar-refractivity contribution in [2.75, 3.05) is 23.3 Å². The van der Waals surface area contributed by atoms with Crippen molar-refractivity contribution in [3.63, 3.8) is 0 Å². The number of benzene rings is 1. The zero-order valence-electron chi connectivity index (χ0n) is 18.7. The lowest BCUT2D eigenvalue weighted by molar-refractivity contribution is 0.0615. The second-order valence-electron chi connectivity index (χ2n) is 9.02. The molecule has 2 amide bonds. The maximum absolute atomic E-state index is 13.2. The van der Waals surface area contributed by atoms with Gasteiger partial charge >= 0.3 is 0 Å². The first-order valence-corrected chi connectivity index (χ1v) is 10.8. The number of hydrogen-bond donors (Lipinski definition) is 2.